The smallest absolute Gasteiger partial charge is 0.227 e. The maximum atomic E-state index is 12.3. The molecule has 3 rings (SSSR count). The minimum absolute atomic E-state index is 0.0855. The lowest BCUT2D eigenvalue weighted by Gasteiger charge is -2.04. The molecule has 0 saturated carbocycles. The van der Waals surface area contributed by atoms with E-state index in [1.165, 1.54) is 0 Å². The second-order valence-corrected chi connectivity index (χ2v) is 5.80. The first-order valence-electron chi connectivity index (χ1n) is 7.41. The van der Waals surface area contributed by atoms with Crippen LogP contribution in [0.1, 0.15) is 21.6 Å². The third kappa shape index (κ3) is 4.05. The first kappa shape index (κ1) is 15.4. The summed E-state index contributed by atoms with van der Waals surface area (Å²) in [4.78, 5) is 17.6. The van der Waals surface area contributed by atoms with Gasteiger partial charge in [0.25, 0.3) is 0 Å². The molecule has 0 bridgehead atoms. The first-order valence-corrected chi connectivity index (χ1v) is 7.86. The van der Waals surface area contributed by atoms with E-state index in [0.29, 0.717) is 13.0 Å². The number of carbonyl (C=O) groups excluding carboxylic acids is 1. The summed E-state index contributed by atoms with van der Waals surface area (Å²) in [6.45, 7) is 0.308. The molecule has 0 amide bonds. The second kappa shape index (κ2) is 7.20. The highest BCUT2D eigenvalue weighted by Crippen LogP contribution is 2.15. The molecule has 0 unspecified atom stereocenters. The highest BCUT2D eigenvalue weighted by atomic mass is 32.1. The van der Waals surface area contributed by atoms with E-state index >= 15 is 0 Å². The van der Waals surface area contributed by atoms with Crippen molar-refractivity contribution in [1.82, 2.24) is 4.98 Å². The average Bonchev–Trinajstić information content (AvgIpc) is 2.58. The second-order valence-electron chi connectivity index (χ2n) is 5.31. The van der Waals surface area contributed by atoms with Crippen molar-refractivity contribution in [2.75, 3.05) is 0 Å². The number of ketones is 1. The van der Waals surface area contributed by atoms with Crippen LogP contribution < -0.4 is 4.57 Å². The maximum Gasteiger partial charge on any atom is 0.227 e. The van der Waals surface area contributed by atoms with Gasteiger partial charge in [0, 0.05) is 16.9 Å². The topological polar surface area (TPSA) is 33.8 Å². The SMILES string of the molecule is O=C(C[n+]1ccnc(Cc2ccccc2S)c1)c1ccccc1. The Morgan fingerprint density at radius 2 is 1.78 bits per heavy atom. The molecule has 0 radical (unpaired) electrons. The van der Waals surface area contributed by atoms with Crippen molar-refractivity contribution in [3.63, 3.8) is 0 Å². The number of hydrogen-bond donors (Lipinski definition) is 1. The number of aromatic nitrogens is 2. The van der Waals surface area contributed by atoms with Crippen molar-refractivity contribution in [1.29, 1.82) is 0 Å². The van der Waals surface area contributed by atoms with Crippen LogP contribution in [-0.2, 0) is 13.0 Å². The predicted molar refractivity (Wildman–Crippen MR) is 91.7 cm³/mol. The summed E-state index contributed by atoms with van der Waals surface area (Å²) in [5.41, 5.74) is 2.75. The van der Waals surface area contributed by atoms with Gasteiger partial charge in [-0.1, -0.05) is 48.5 Å². The van der Waals surface area contributed by atoms with Crippen LogP contribution in [0.15, 0.2) is 78.1 Å². The Kier molecular flexibility index (Phi) is 4.83. The van der Waals surface area contributed by atoms with Gasteiger partial charge in [-0.2, -0.15) is 4.57 Å². The molecule has 0 fully saturated rings. The van der Waals surface area contributed by atoms with E-state index in [1.807, 2.05) is 71.6 Å². The monoisotopic (exact) mass is 321 g/mol. The van der Waals surface area contributed by atoms with Gasteiger partial charge in [-0.3, -0.25) is 4.79 Å². The van der Waals surface area contributed by atoms with Crippen LogP contribution in [0, 0.1) is 0 Å². The van der Waals surface area contributed by atoms with Gasteiger partial charge in [-0.15, -0.1) is 12.6 Å². The Morgan fingerprint density at radius 3 is 2.57 bits per heavy atom. The number of hydrogen-bond acceptors (Lipinski definition) is 3. The van der Waals surface area contributed by atoms with E-state index in [2.05, 4.69) is 17.6 Å². The van der Waals surface area contributed by atoms with Crippen molar-refractivity contribution in [2.45, 2.75) is 17.9 Å². The molecule has 0 atom stereocenters. The van der Waals surface area contributed by atoms with E-state index in [9.17, 15) is 4.79 Å². The normalized spacial score (nSPS) is 10.5. The summed E-state index contributed by atoms with van der Waals surface area (Å²) in [6, 6.07) is 17.3. The van der Waals surface area contributed by atoms with Crippen molar-refractivity contribution in [3.05, 3.63) is 90.0 Å². The number of Topliss-reactive ketones (excluding diaryl/α,β-unsaturated/α-hetero) is 1. The van der Waals surface area contributed by atoms with E-state index in [4.69, 9.17) is 0 Å². The number of benzene rings is 2. The third-order valence-corrected chi connectivity index (χ3v) is 4.03. The molecular formula is C19H17N2OS+. The van der Waals surface area contributed by atoms with Crippen molar-refractivity contribution in [2.24, 2.45) is 0 Å². The molecule has 0 aliphatic rings. The van der Waals surface area contributed by atoms with Gasteiger partial charge in [0.05, 0.1) is 6.20 Å². The molecule has 114 valence electrons. The quantitative estimate of drug-likeness (QED) is 0.445. The molecule has 1 heterocycles. The van der Waals surface area contributed by atoms with Crippen molar-refractivity contribution in [3.8, 4) is 0 Å². The molecule has 4 heteroatoms. The van der Waals surface area contributed by atoms with Gasteiger partial charge in [-0.25, -0.2) is 4.98 Å². The minimum Gasteiger partial charge on any atom is -0.287 e. The van der Waals surface area contributed by atoms with E-state index < -0.39 is 0 Å². The van der Waals surface area contributed by atoms with E-state index in [1.54, 1.807) is 6.20 Å². The lowest BCUT2D eigenvalue weighted by Crippen LogP contribution is -2.38. The van der Waals surface area contributed by atoms with Gasteiger partial charge in [0.15, 0.2) is 12.4 Å². The van der Waals surface area contributed by atoms with Gasteiger partial charge in [-0.05, 0) is 11.6 Å². The summed E-state index contributed by atoms with van der Waals surface area (Å²) >= 11 is 4.47. The van der Waals surface area contributed by atoms with Crippen LogP contribution in [0.25, 0.3) is 0 Å². The van der Waals surface area contributed by atoms with Crippen LogP contribution in [0.2, 0.25) is 0 Å². The molecule has 0 aliphatic heterocycles. The van der Waals surface area contributed by atoms with Gasteiger partial charge in [0.2, 0.25) is 12.3 Å². The highest BCUT2D eigenvalue weighted by Gasteiger charge is 2.13. The largest absolute Gasteiger partial charge is 0.287 e. The van der Waals surface area contributed by atoms with Crippen LogP contribution in [0.5, 0.6) is 0 Å². The maximum absolute atomic E-state index is 12.3. The highest BCUT2D eigenvalue weighted by molar-refractivity contribution is 7.80. The first-order chi connectivity index (χ1) is 11.2. The van der Waals surface area contributed by atoms with Crippen LogP contribution >= 0.6 is 12.6 Å². The van der Waals surface area contributed by atoms with Gasteiger partial charge >= 0.3 is 0 Å². The standard InChI is InChI=1S/C19H16N2OS/c22-18(15-6-2-1-3-7-15)14-21-11-10-20-17(13-21)12-16-8-4-5-9-19(16)23/h1-11,13H,12,14H2/p+1. The molecule has 0 N–H and O–H groups in total. The Hall–Kier alpha value is -2.46. The van der Waals surface area contributed by atoms with E-state index in [0.717, 1.165) is 21.7 Å². The van der Waals surface area contributed by atoms with Crippen molar-refractivity contribution < 1.29 is 9.36 Å². The fourth-order valence-corrected chi connectivity index (χ4v) is 2.65. The average molecular weight is 321 g/mol. The summed E-state index contributed by atoms with van der Waals surface area (Å²) in [5.74, 6) is 0.0855. The zero-order valence-electron chi connectivity index (χ0n) is 12.6. The molecule has 0 aliphatic carbocycles. The molecular weight excluding hydrogens is 304 g/mol. The Labute approximate surface area is 141 Å². The zero-order valence-corrected chi connectivity index (χ0v) is 13.5. The summed E-state index contributed by atoms with van der Waals surface area (Å²) in [5, 5.41) is 0. The number of rotatable bonds is 5. The number of nitrogens with zero attached hydrogens (tertiary/aromatic N) is 2. The summed E-state index contributed by atoms with van der Waals surface area (Å²) in [7, 11) is 0. The molecule has 0 saturated heterocycles. The lowest BCUT2D eigenvalue weighted by molar-refractivity contribution is -0.684. The van der Waals surface area contributed by atoms with Gasteiger partial charge in [0.1, 0.15) is 5.69 Å². The third-order valence-electron chi connectivity index (χ3n) is 3.60. The molecule has 2 aromatic carbocycles. The zero-order chi connectivity index (χ0) is 16.1. The molecule has 0 spiro atoms. The molecule has 3 aromatic rings. The molecule has 1 aromatic heterocycles. The molecule has 23 heavy (non-hydrogen) atoms. The summed E-state index contributed by atoms with van der Waals surface area (Å²) in [6.07, 6.45) is 6.16. The molecule has 3 nitrogen and oxygen atoms in total. The van der Waals surface area contributed by atoms with E-state index in [-0.39, 0.29) is 5.78 Å². The Balaban J connectivity index is 1.75. The van der Waals surface area contributed by atoms with Crippen LogP contribution in [0.4, 0.5) is 0 Å². The Bertz CT molecular complexity index is 818. The van der Waals surface area contributed by atoms with Crippen LogP contribution in [-0.4, -0.2) is 10.8 Å². The number of thiol groups is 1. The fraction of sp³-hybridized carbons (Fsp3) is 0.105. The van der Waals surface area contributed by atoms with Crippen molar-refractivity contribution >= 4 is 18.4 Å². The lowest BCUT2D eigenvalue weighted by atomic mass is 10.1. The van der Waals surface area contributed by atoms with Crippen LogP contribution in [0.3, 0.4) is 0 Å². The fourth-order valence-electron chi connectivity index (χ4n) is 2.41. The number of carbonyl (C=O) groups is 1. The summed E-state index contributed by atoms with van der Waals surface area (Å²) < 4.78 is 1.87. The Morgan fingerprint density at radius 1 is 1.04 bits per heavy atom. The minimum atomic E-state index is 0.0855. The predicted octanol–water partition coefficient (Wildman–Crippen LogP) is 3.13. The van der Waals surface area contributed by atoms with Gasteiger partial charge < -0.3 is 0 Å².